The average molecular weight is 531 g/mol. The number of carbonyl (C=O) groups excluding carboxylic acids is 1. The summed E-state index contributed by atoms with van der Waals surface area (Å²) in [7, 11) is 1.65. The third-order valence-corrected chi connectivity index (χ3v) is 8.48. The number of carbonyl (C=O) groups is 1. The molecule has 4 heterocycles. The van der Waals surface area contributed by atoms with Crippen molar-refractivity contribution in [3.8, 4) is 22.7 Å². The maximum absolute atomic E-state index is 14.0. The Morgan fingerprint density at radius 3 is 2.73 bits per heavy atom. The zero-order valence-corrected chi connectivity index (χ0v) is 22.2. The van der Waals surface area contributed by atoms with Crippen molar-refractivity contribution in [3.05, 3.63) is 76.6 Å². The van der Waals surface area contributed by atoms with Gasteiger partial charge < -0.3 is 9.47 Å². The normalized spacial score (nSPS) is 15.4. The number of hydrogen-bond acceptors (Lipinski definition) is 7. The minimum atomic E-state index is -0.0636. The molecule has 0 saturated carbocycles. The maximum Gasteiger partial charge on any atom is 0.270 e. The Bertz CT molecular complexity index is 1530. The van der Waals surface area contributed by atoms with Gasteiger partial charge in [-0.1, -0.05) is 18.2 Å². The van der Waals surface area contributed by atoms with Crippen molar-refractivity contribution < 1.29 is 14.3 Å². The summed E-state index contributed by atoms with van der Waals surface area (Å²) in [6, 6.07) is 19.8. The molecule has 0 N–H and O–H groups in total. The molecule has 0 aliphatic carbocycles. The topological polar surface area (TPSA) is 69.5 Å². The van der Waals surface area contributed by atoms with E-state index in [1.54, 1.807) is 12.0 Å². The number of aryl methyl sites for hydroxylation is 1. The summed E-state index contributed by atoms with van der Waals surface area (Å²) >= 11 is 2.94. The molecule has 6 rings (SSSR count). The van der Waals surface area contributed by atoms with E-state index in [1.165, 1.54) is 22.7 Å². The molecule has 2 aromatic carbocycles. The van der Waals surface area contributed by atoms with Gasteiger partial charge in [-0.25, -0.2) is 9.67 Å². The molecule has 1 aliphatic rings. The van der Waals surface area contributed by atoms with Gasteiger partial charge in [0.25, 0.3) is 5.91 Å². The highest BCUT2D eigenvalue weighted by atomic mass is 32.1. The largest absolute Gasteiger partial charge is 0.497 e. The fourth-order valence-corrected chi connectivity index (χ4v) is 6.53. The molecule has 0 spiro atoms. The molecule has 1 atom stereocenters. The summed E-state index contributed by atoms with van der Waals surface area (Å²) in [6.07, 6.45) is 1.96. The fourth-order valence-electron chi connectivity index (χ4n) is 4.55. The number of ether oxygens (including phenoxy) is 2. The van der Waals surface area contributed by atoms with E-state index in [9.17, 15) is 4.79 Å². The van der Waals surface area contributed by atoms with E-state index in [0.717, 1.165) is 58.1 Å². The van der Waals surface area contributed by atoms with Crippen molar-refractivity contribution in [2.45, 2.75) is 25.9 Å². The molecule has 1 aliphatic heterocycles. The molecule has 3 aromatic heterocycles. The van der Waals surface area contributed by atoms with E-state index in [4.69, 9.17) is 19.6 Å². The van der Waals surface area contributed by atoms with Gasteiger partial charge in [0, 0.05) is 22.9 Å². The Balaban J connectivity index is 1.35. The quantitative estimate of drug-likeness (QED) is 0.245. The summed E-state index contributed by atoms with van der Waals surface area (Å²) in [5.41, 5.74) is 3.69. The number of hydrogen-bond donors (Lipinski definition) is 0. The number of aromatic nitrogens is 3. The van der Waals surface area contributed by atoms with E-state index in [-0.39, 0.29) is 12.0 Å². The molecule has 0 bridgehead atoms. The van der Waals surface area contributed by atoms with Crippen LogP contribution >= 0.6 is 22.7 Å². The first kappa shape index (κ1) is 23.8. The van der Waals surface area contributed by atoms with Crippen LogP contribution < -0.4 is 9.64 Å². The Morgan fingerprint density at radius 1 is 1.19 bits per heavy atom. The molecule has 7 nitrogen and oxygen atoms in total. The number of anilines is 1. The number of thiophene rings is 1. The number of thiazole rings is 1. The molecule has 0 radical (unpaired) electrons. The Kier molecular flexibility index (Phi) is 6.50. The highest BCUT2D eigenvalue weighted by Gasteiger charge is 2.29. The van der Waals surface area contributed by atoms with Crippen molar-refractivity contribution >= 4 is 43.9 Å². The molecule has 188 valence electrons. The van der Waals surface area contributed by atoms with Crippen LogP contribution in [0.15, 0.2) is 66.0 Å². The first-order chi connectivity index (χ1) is 18.1. The minimum Gasteiger partial charge on any atom is -0.497 e. The summed E-state index contributed by atoms with van der Waals surface area (Å²) in [5, 5.41) is 8.38. The molecular weight excluding hydrogens is 504 g/mol. The summed E-state index contributed by atoms with van der Waals surface area (Å²) in [4.78, 5) is 22.3. The Labute approximate surface area is 222 Å². The average Bonchev–Trinajstić information content (AvgIpc) is 3.74. The molecule has 1 amide bonds. The zero-order chi connectivity index (χ0) is 25.4. The minimum absolute atomic E-state index is 0.00760. The van der Waals surface area contributed by atoms with Crippen molar-refractivity contribution in [1.82, 2.24) is 14.8 Å². The SMILES string of the molecule is COc1ccc(-c2csc(N(CC3CCCO3)C(=O)c3cc4c(C)nn(-c5ccccc5)c4s3)n2)cc1. The standard InChI is InChI=1S/C28H26N4O3S2/c1-18-23-15-25(37-27(23)32(30-18)20-7-4-3-5-8-20)26(33)31(16-22-9-6-14-35-22)28-29-24(17-36-28)19-10-12-21(34-2)13-11-19/h3-5,7-8,10-13,15,17,22H,6,9,14,16H2,1-2H3. The van der Waals surface area contributed by atoms with E-state index in [2.05, 4.69) is 0 Å². The monoisotopic (exact) mass is 530 g/mol. The number of benzene rings is 2. The lowest BCUT2D eigenvalue weighted by Gasteiger charge is -2.22. The number of nitrogens with zero attached hydrogens (tertiary/aromatic N) is 4. The van der Waals surface area contributed by atoms with E-state index in [1.807, 2.05) is 77.6 Å². The predicted octanol–water partition coefficient (Wildman–Crippen LogP) is 6.35. The van der Waals surface area contributed by atoms with Crippen molar-refractivity contribution in [3.63, 3.8) is 0 Å². The predicted molar refractivity (Wildman–Crippen MR) is 148 cm³/mol. The Hall–Kier alpha value is -3.53. The number of para-hydroxylation sites is 1. The highest BCUT2D eigenvalue weighted by Crippen LogP contribution is 2.34. The summed E-state index contributed by atoms with van der Waals surface area (Å²) in [6.45, 7) is 3.19. The van der Waals surface area contributed by atoms with Crippen LogP contribution in [0, 0.1) is 6.92 Å². The zero-order valence-electron chi connectivity index (χ0n) is 20.6. The van der Waals surface area contributed by atoms with Crippen molar-refractivity contribution in [2.75, 3.05) is 25.2 Å². The molecule has 9 heteroatoms. The second kappa shape index (κ2) is 10.1. The second-order valence-electron chi connectivity index (χ2n) is 8.96. The molecule has 1 saturated heterocycles. The number of methoxy groups -OCH3 is 1. The third-order valence-electron chi connectivity index (χ3n) is 6.52. The third kappa shape index (κ3) is 4.66. The molecule has 5 aromatic rings. The van der Waals surface area contributed by atoms with Crippen LogP contribution in [0.5, 0.6) is 5.75 Å². The lowest BCUT2D eigenvalue weighted by Crippen LogP contribution is -2.37. The second-order valence-corrected chi connectivity index (χ2v) is 10.8. The van der Waals surface area contributed by atoms with Crippen LogP contribution in [0.4, 0.5) is 5.13 Å². The maximum atomic E-state index is 14.0. The van der Waals surface area contributed by atoms with Gasteiger partial charge in [0.15, 0.2) is 5.13 Å². The first-order valence-corrected chi connectivity index (χ1v) is 13.9. The lowest BCUT2D eigenvalue weighted by molar-refractivity contribution is 0.0920. The van der Waals surface area contributed by atoms with E-state index < -0.39 is 0 Å². The molecular formula is C28H26N4O3S2. The molecule has 1 fully saturated rings. The van der Waals surface area contributed by atoms with Gasteiger partial charge in [-0.2, -0.15) is 5.10 Å². The lowest BCUT2D eigenvalue weighted by atomic mass is 10.2. The highest BCUT2D eigenvalue weighted by molar-refractivity contribution is 7.20. The van der Waals surface area contributed by atoms with Crippen LogP contribution in [0.3, 0.4) is 0 Å². The Morgan fingerprint density at radius 2 is 2.00 bits per heavy atom. The van der Waals surface area contributed by atoms with Gasteiger partial charge in [0.2, 0.25) is 0 Å². The van der Waals surface area contributed by atoms with Crippen LogP contribution in [-0.4, -0.2) is 47.0 Å². The number of rotatable bonds is 7. The van der Waals surface area contributed by atoms with Crippen LogP contribution in [0.25, 0.3) is 27.2 Å². The molecule has 1 unspecified atom stereocenters. The van der Waals surface area contributed by atoms with Gasteiger partial charge in [-0.3, -0.25) is 9.69 Å². The first-order valence-electron chi connectivity index (χ1n) is 12.2. The van der Waals surface area contributed by atoms with Crippen molar-refractivity contribution in [1.29, 1.82) is 0 Å². The van der Waals surface area contributed by atoms with Gasteiger partial charge in [-0.05, 0) is 62.2 Å². The molecule has 37 heavy (non-hydrogen) atoms. The number of fused-ring (bicyclic) bond motifs is 1. The van der Waals surface area contributed by atoms with Crippen LogP contribution in [0.2, 0.25) is 0 Å². The summed E-state index contributed by atoms with van der Waals surface area (Å²) < 4.78 is 13.1. The van der Waals surface area contributed by atoms with Crippen LogP contribution in [0.1, 0.15) is 28.2 Å². The fraction of sp³-hybridized carbons (Fsp3) is 0.250. The summed E-state index contributed by atoms with van der Waals surface area (Å²) in [5.74, 6) is 0.731. The van der Waals surface area contributed by atoms with E-state index >= 15 is 0 Å². The smallest absolute Gasteiger partial charge is 0.270 e. The van der Waals surface area contributed by atoms with E-state index in [0.29, 0.717) is 16.6 Å². The number of amides is 1. The van der Waals surface area contributed by atoms with Gasteiger partial charge in [-0.15, -0.1) is 22.7 Å². The van der Waals surface area contributed by atoms with Crippen LogP contribution in [-0.2, 0) is 4.74 Å². The van der Waals surface area contributed by atoms with Crippen molar-refractivity contribution in [2.24, 2.45) is 0 Å². The van der Waals surface area contributed by atoms with Gasteiger partial charge >= 0.3 is 0 Å². The van der Waals surface area contributed by atoms with Gasteiger partial charge in [0.05, 0.1) is 41.7 Å². The van der Waals surface area contributed by atoms with Gasteiger partial charge in [0.1, 0.15) is 10.6 Å².